The normalized spacial score (nSPS) is 20.7. The van der Waals surface area contributed by atoms with Gasteiger partial charge in [0.2, 0.25) is 0 Å². The first-order valence-corrected chi connectivity index (χ1v) is 8.18. The number of carbonyl (C=O) groups is 1. The van der Waals surface area contributed by atoms with Gasteiger partial charge in [0, 0.05) is 38.8 Å². The summed E-state index contributed by atoms with van der Waals surface area (Å²) in [6.07, 6.45) is 1.85. The molecule has 1 aromatic rings. The molecule has 3 rings (SSSR count). The van der Waals surface area contributed by atoms with Gasteiger partial charge in [-0.15, -0.1) is 0 Å². The van der Waals surface area contributed by atoms with Crippen molar-refractivity contribution in [3.8, 4) is 0 Å². The lowest BCUT2D eigenvalue weighted by Crippen LogP contribution is -2.44. The van der Waals surface area contributed by atoms with Gasteiger partial charge in [-0.05, 0) is 30.9 Å². The highest BCUT2D eigenvalue weighted by Crippen LogP contribution is 2.21. The number of rotatable bonds is 3. The van der Waals surface area contributed by atoms with Gasteiger partial charge in [0.05, 0.1) is 18.8 Å². The quantitative estimate of drug-likeness (QED) is 0.854. The first-order valence-electron chi connectivity index (χ1n) is 8.18. The van der Waals surface area contributed by atoms with Gasteiger partial charge in [-0.1, -0.05) is 0 Å². The number of likely N-dealkylation sites (tertiary alicyclic amines) is 1. The van der Waals surface area contributed by atoms with Crippen LogP contribution in [0.3, 0.4) is 0 Å². The lowest BCUT2D eigenvalue weighted by atomic mass is 9.95. The van der Waals surface area contributed by atoms with Crippen LogP contribution < -0.4 is 0 Å². The number of benzene rings is 1. The zero-order valence-corrected chi connectivity index (χ0v) is 13.1. The van der Waals surface area contributed by atoms with Crippen LogP contribution in [-0.2, 0) is 4.74 Å². The second-order valence-corrected chi connectivity index (χ2v) is 6.27. The van der Waals surface area contributed by atoms with Crippen molar-refractivity contribution < 1.29 is 18.3 Å². The Bertz CT molecular complexity index is 554. The molecule has 0 unspecified atom stereocenters. The average molecular weight is 324 g/mol. The van der Waals surface area contributed by atoms with E-state index in [1.165, 1.54) is 6.07 Å². The van der Waals surface area contributed by atoms with Gasteiger partial charge in [-0.2, -0.15) is 0 Å². The lowest BCUT2D eigenvalue weighted by Gasteiger charge is -2.36. The van der Waals surface area contributed by atoms with E-state index in [4.69, 9.17) is 4.74 Å². The standard InChI is InChI=1S/C17H22F2N2O2/c18-14-1-2-15(16(19)11-14)17(22)21-5-3-13(4-6-21)12-20-7-9-23-10-8-20/h1-2,11,13H,3-10,12H2. The maximum atomic E-state index is 13.7. The number of piperidine rings is 1. The van der Waals surface area contributed by atoms with Crippen molar-refractivity contribution in [1.82, 2.24) is 9.80 Å². The number of halogens is 2. The minimum Gasteiger partial charge on any atom is -0.379 e. The molecule has 2 aliphatic heterocycles. The summed E-state index contributed by atoms with van der Waals surface area (Å²) >= 11 is 0. The minimum atomic E-state index is -0.787. The molecule has 4 nitrogen and oxygen atoms in total. The first kappa shape index (κ1) is 16.3. The fourth-order valence-electron chi connectivity index (χ4n) is 3.30. The number of ether oxygens (including phenoxy) is 1. The number of hydrogen-bond acceptors (Lipinski definition) is 3. The minimum absolute atomic E-state index is 0.0435. The van der Waals surface area contributed by atoms with Crippen LogP contribution in [0.5, 0.6) is 0 Å². The largest absolute Gasteiger partial charge is 0.379 e. The topological polar surface area (TPSA) is 32.8 Å². The molecule has 2 heterocycles. The highest BCUT2D eigenvalue weighted by Gasteiger charge is 2.26. The fraction of sp³-hybridized carbons (Fsp3) is 0.588. The van der Waals surface area contributed by atoms with E-state index in [0.29, 0.717) is 19.0 Å². The van der Waals surface area contributed by atoms with Crippen LogP contribution in [0.15, 0.2) is 18.2 Å². The molecule has 126 valence electrons. The van der Waals surface area contributed by atoms with Crippen LogP contribution in [0.2, 0.25) is 0 Å². The predicted octanol–water partition coefficient (Wildman–Crippen LogP) is 2.15. The van der Waals surface area contributed by atoms with Crippen molar-refractivity contribution in [3.63, 3.8) is 0 Å². The number of hydrogen-bond donors (Lipinski definition) is 0. The third kappa shape index (κ3) is 4.06. The van der Waals surface area contributed by atoms with E-state index in [9.17, 15) is 13.6 Å². The van der Waals surface area contributed by atoms with Crippen molar-refractivity contribution in [2.45, 2.75) is 12.8 Å². The molecule has 0 aromatic heterocycles. The molecule has 0 aliphatic carbocycles. The van der Waals surface area contributed by atoms with Crippen LogP contribution in [0.25, 0.3) is 0 Å². The Kier molecular flexibility index (Phi) is 5.23. The smallest absolute Gasteiger partial charge is 0.256 e. The van der Waals surface area contributed by atoms with Gasteiger partial charge in [-0.25, -0.2) is 8.78 Å². The van der Waals surface area contributed by atoms with E-state index >= 15 is 0 Å². The zero-order chi connectivity index (χ0) is 16.2. The van der Waals surface area contributed by atoms with Crippen molar-refractivity contribution in [1.29, 1.82) is 0 Å². The van der Waals surface area contributed by atoms with E-state index in [1.54, 1.807) is 4.90 Å². The van der Waals surface area contributed by atoms with Gasteiger partial charge >= 0.3 is 0 Å². The van der Waals surface area contributed by atoms with E-state index in [0.717, 1.165) is 57.8 Å². The Hall–Kier alpha value is -1.53. The third-order valence-electron chi connectivity index (χ3n) is 4.68. The maximum Gasteiger partial charge on any atom is 0.256 e. The van der Waals surface area contributed by atoms with Crippen molar-refractivity contribution >= 4 is 5.91 Å². The molecule has 1 aromatic carbocycles. The zero-order valence-electron chi connectivity index (χ0n) is 13.1. The van der Waals surface area contributed by atoms with E-state index in [2.05, 4.69) is 4.90 Å². The highest BCUT2D eigenvalue weighted by atomic mass is 19.1. The van der Waals surface area contributed by atoms with Crippen molar-refractivity contribution in [2.24, 2.45) is 5.92 Å². The second kappa shape index (κ2) is 7.36. The van der Waals surface area contributed by atoms with Crippen LogP contribution in [0.4, 0.5) is 8.78 Å². The van der Waals surface area contributed by atoms with Gasteiger partial charge in [0.25, 0.3) is 5.91 Å². The van der Waals surface area contributed by atoms with E-state index in [-0.39, 0.29) is 11.5 Å². The number of nitrogens with zero attached hydrogens (tertiary/aromatic N) is 2. The molecule has 23 heavy (non-hydrogen) atoms. The first-order chi connectivity index (χ1) is 11.1. The van der Waals surface area contributed by atoms with Crippen molar-refractivity contribution in [2.75, 3.05) is 45.9 Å². The monoisotopic (exact) mass is 324 g/mol. The molecule has 0 radical (unpaired) electrons. The number of amides is 1. The van der Waals surface area contributed by atoms with Crippen LogP contribution >= 0.6 is 0 Å². The van der Waals surface area contributed by atoms with E-state index in [1.807, 2.05) is 0 Å². The van der Waals surface area contributed by atoms with Gasteiger partial charge in [0.15, 0.2) is 0 Å². The van der Waals surface area contributed by atoms with E-state index < -0.39 is 11.6 Å². The summed E-state index contributed by atoms with van der Waals surface area (Å²) in [5.74, 6) is -1.23. The van der Waals surface area contributed by atoms with Crippen molar-refractivity contribution in [3.05, 3.63) is 35.4 Å². The van der Waals surface area contributed by atoms with Crippen LogP contribution in [-0.4, -0.2) is 61.6 Å². The Balaban J connectivity index is 1.52. The predicted molar refractivity (Wildman–Crippen MR) is 82.2 cm³/mol. The second-order valence-electron chi connectivity index (χ2n) is 6.27. The molecule has 6 heteroatoms. The maximum absolute atomic E-state index is 13.7. The molecule has 0 spiro atoms. The Morgan fingerprint density at radius 3 is 2.48 bits per heavy atom. The molecule has 2 saturated heterocycles. The van der Waals surface area contributed by atoms with Crippen LogP contribution in [0, 0.1) is 17.6 Å². The summed E-state index contributed by atoms with van der Waals surface area (Å²) in [5, 5.41) is 0. The highest BCUT2D eigenvalue weighted by molar-refractivity contribution is 5.94. The number of morpholine rings is 1. The molecular weight excluding hydrogens is 302 g/mol. The Labute approximate surface area is 135 Å². The summed E-state index contributed by atoms with van der Waals surface area (Å²) in [6, 6.07) is 3.12. The Morgan fingerprint density at radius 1 is 1.13 bits per heavy atom. The van der Waals surface area contributed by atoms with Gasteiger partial charge in [0.1, 0.15) is 11.6 Å². The Morgan fingerprint density at radius 2 is 1.83 bits per heavy atom. The lowest BCUT2D eigenvalue weighted by molar-refractivity contribution is 0.0242. The summed E-state index contributed by atoms with van der Waals surface area (Å²) in [7, 11) is 0. The molecule has 1 amide bonds. The number of carbonyl (C=O) groups excluding carboxylic acids is 1. The average Bonchev–Trinajstić information content (AvgIpc) is 2.56. The summed E-state index contributed by atoms with van der Waals surface area (Å²) in [5.41, 5.74) is -0.0435. The summed E-state index contributed by atoms with van der Waals surface area (Å²) in [4.78, 5) is 16.4. The van der Waals surface area contributed by atoms with Gasteiger partial charge < -0.3 is 9.64 Å². The molecule has 2 fully saturated rings. The SMILES string of the molecule is O=C(c1ccc(F)cc1F)N1CCC(CN2CCOCC2)CC1. The molecule has 2 aliphatic rings. The summed E-state index contributed by atoms with van der Waals surface area (Å²) < 4.78 is 32.0. The summed E-state index contributed by atoms with van der Waals surface area (Å²) in [6.45, 7) is 5.83. The molecular formula is C17H22F2N2O2. The third-order valence-corrected chi connectivity index (χ3v) is 4.68. The van der Waals surface area contributed by atoms with Gasteiger partial charge in [-0.3, -0.25) is 9.69 Å². The molecule has 0 bridgehead atoms. The molecule has 0 saturated carbocycles. The van der Waals surface area contributed by atoms with Crippen LogP contribution in [0.1, 0.15) is 23.2 Å². The molecule has 0 N–H and O–H groups in total. The fourth-order valence-corrected chi connectivity index (χ4v) is 3.30. The molecule has 0 atom stereocenters.